The summed E-state index contributed by atoms with van der Waals surface area (Å²) in [7, 11) is 0. The number of hydrogen-bond acceptors (Lipinski definition) is 5. The van der Waals surface area contributed by atoms with Gasteiger partial charge in [-0.1, -0.05) is 42.3 Å². The van der Waals surface area contributed by atoms with E-state index in [9.17, 15) is 18.8 Å². The lowest BCUT2D eigenvalue weighted by atomic mass is 10.2. The number of thiazole rings is 1. The van der Waals surface area contributed by atoms with Gasteiger partial charge in [-0.15, -0.1) is 0 Å². The number of nitrogens with zero attached hydrogens (tertiary/aromatic N) is 2. The molecule has 0 bridgehead atoms. The number of carbonyl (C=O) groups is 2. The van der Waals surface area contributed by atoms with Crippen molar-refractivity contribution < 1.29 is 14.0 Å². The molecular weight excluding hydrogens is 479 g/mol. The average molecular weight is 499 g/mol. The number of benzene rings is 2. The fourth-order valence-corrected chi connectivity index (χ4v) is 4.57. The molecule has 0 saturated carbocycles. The van der Waals surface area contributed by atoms with Crippen molar-refractivity contribution in [2.45, 2.75) is 26.7 Å². The van der Waals surface area contributed by atoms with Crippen LogP contribution in [-0.4, -0.2) is 21.2 Å². The number of halogens is 2. The van der Waals surface area contributed by atoms with Gasteiger partial charge in [-0.05, 0) is 55.3 Å². The molecule has 0 aliphatic heterocycles. The van der Waals surface area contributed by atoms with Crippen LogP contribution in [0.3, 0.4) is 0 Å². The molecule has 0 saturated heterocycles. The second kappa shape index (κ2) is 9.74. The molecule has 2 N–H and O–H groups in total. The van der Waals surface area contributed by atoms with Gasteiger partial charge < -0.3 is 10.6 Å². The highest BCUT2D eigenvalue weighted by molar-refractivity contribution is 7.19. The molecule has 0 fully saturated rings. The van der Waals surface area contributed by atoms with E-state index in [0.717, 1.165) is 27.7 Å². The fraction of sp³-hybridized carbons (Fsp3) is 0.167. The molecule has 10 heteroatoms. The molecule has 0 atom stereocenters. The summed E-state index contributed by atoms with van der Waals surface area (Å²) < 4.78 is 14.4. The number of aryl methyl sites for hydroxylation is 2. The van der Waals surface area contributed by atoms with Gasteiger partial charge in [0.05, 0.1) is 0 Å². The third kappa shape index (κ3) is 4.85. The first-order chi connectivity index (χ1) is 16.3. The van der Waals surface area contributed by atoms with Crippen LogP contribution >= 0.6 is 22.9 Å². The molecule has 7 nitrogen and oxygen atoms in total. The number of anilines is 2. The van der Waals surface area contributed by atoms with Gasteiger partial charge in [-0.3, -0.25) is 14.4 Å². The summed E-state index contributed by atoms with van der Waals surface area (Å²) in [6, 6.07) is 11.6. The Bertz CT molecular complexity index is 1460. The number of carbonyl (C=O) groups excluding carboxylic acids is 2. The Labute approximate surface area is 203 Å². The molecule has 2 aromatic carbocycles. The average Bonchev–Trinajstić information content (AvgIpc) is 3.18. The summed E-state index contributed by atoms with van der Waals surface area (Å²) in [4.78, 5) is 44.1. The minimum Gasteiger partial charge on any atom is -0.321 e. The monoisotopic (exact) mass is 498 g/mol. The number of amides is 2. The maximum atomic E-state index is 13.3. The maximum Gasteiger partial charge on any atom is 0.274 e. The van der Waals surface area contributed by atoms with Gasteiger partial charge >= 0.3 is 0 Å². The van der Waals surface area contributed by atoms with E-state index in [-0.39, 0.29) is 15.5 Å². The van der Waals surface area contributed by atoms with E-state index in [2.05, 4.69) is 15.6 Å². The first-order valence-electron chi connectivity index (χ1n) is 10.5. The van der Waals surface area contributed by atoms with Crippen LogP contribution < -0.4 is 16.2 Å². The van der Waals surface area contributed by atoms with Gasteiger partial charge in [0.25, 0.3) is 17.4 Å². The zero-order valence-corrected chi connectivity index (χ0v) is 19.9. The van der Waals surface area contributed by atoms with Gasteiger partial charge in [-0.25, -0.2) is 13.8 Å². The van der Waals surface area contributed by atoms with Gasteiger partial charge in [0.2, 0.25) is 0 Å². The van der Waals surface area contributed by atoms with Gasteiger partial charge in [0.1, 0.15) is 16.4 Å². The van der Waals surface area contributed by atoms with Crippen molar-refractivity contribution in [3.63, 3.8) is 0 Å². The molecule has 0 radical (unpaired) electrons. The van der Waals surface area contributed by atoms with E-state index in [1.54, 1.807) is 18.2 Å². The van der Waals surface area contributed by atoms with Crippen LogP contribution in [-0.2, 0) is 6.42 Å². The zero-order valence-electron chi connectivity index (χ0n) is 18.3. The molecule has 4 aromatic rings. The predicted octanol–water partition coefficient (Wildman–Crippen LogP) is 5.31. The van der Waals surface area contributed by atoms with Crippen LogP contribution in [0.2, 0.25) is 5.02 Å². The number of nitrogens with one attached hydrogen (secondary N) is 2. The van der Waals surface area contributed by atoms with Gasteiger partial charge in [0.15, 0.2) is 4.96 Å². The van der Waals surface area contributed by atoms with Crippen LogP contribution in [0.25, 0.3) is 4.96 Å². The summed E-state index contributed by atoms with van der Waals surface area (Å²) in [6.07, 6.45) is 1.37. The van der Waals surface area contributed by atoms with Crippen molar-refractivity contribution in [3.8, 4) is 0 Å². The maximum absolute atomic E-state index is 13.3. The summed E-state index contributed by atoms with van der Waals surface area (Å²) in [5.74, 6) is -1.73. The number of rotatable bonds is 6. The van der Waals surface area contributed by atoms with E-state index in [1.165, 1.54) is 30.3 Å². The van der Waals surface area contributed by atoms with Crippen LogP contribution in [0.15, 0.2) is 53.3 Å². The molecule has 174 valence electrons. The fourth-order valence-electron chi connectivity index (χ4n) is 3.35. The molecule has 0 spiro atoms. The Balaban J connectivity index is 1.80. The Hall–Kier alpha value is -3.56. The topological polar surface area (TPSA) is 92.6 Å². The standard InChI is InChI=1S/C24H20ClFN4O3S/c1-3-4-16-12-19(31)30-20(22(32)28-17-8-5-13(2)18(25)11-17)21(34-24(30)29-16)23(33)27-15-9-6-14(26)7-10-15/h5-12H,3-4H2,1-2H3,(H,27,33)(H,28,32). The van der Waals surface area contributed by atoms with E-state index in [1.807, 2.05) is 13.8 Å². The first-order valence-corrected chi connectivity index (χ1v) is 11.7. The molecule has 2 amide bonds. The third-order valence-electron chi connectivity index (χ3n) is 5.03. The van der Waals surface area contributed by atoms with E-state index >= 15 is 0 Å². The minimum atomic E-state index is -0.664. The Kier molecular flexibility index (Phi) is 6.76. The normalized spacial score (nSPS) is 10.9. The highest BCUT2D eigenvalue weighted by Gasteiger charge is 2.26. The van der Waals surface area contributed by atoms with Gasteiger partial charge in [0, 0.05) is 28.2 Å². The lowest BCUT2D eigenvalue weighted by Crippen LogP contribution is -2.25. The van der Waals surface area contributed by atoms with Crippen molar-refractivity contribution in [2.24, 2.45) is 0 Å². The molecule has 2 aromatic heterocycles. The zero-order chi connectivity index (χ0) is 24.4. The lowest BCUT2D eigenvalue weighted by Gasteiger charge is -2.09. The van der Waals surface area contributed by atoms with Crippen molar-refractivity contribution in [2.75, 3.05) is 10.6 Å². The summed E-state index contributed by atoms with van der Waals surface area (Å²) >= 11 is 7.10. The molecule has 0 aliphatic carbocycles. The Morgan fingerprint density at radius 1 is 1.06 bits per heavy atom. The van der Waals surface area contributed by atoms with Crippen molar-refractivity contribution in [1.29, 1.82) is 0 Å². The molecule has 2 heterocycles. The highest BCUT2D eigenvalue weighted by Crippen LogP contribution is 2.25. The molecular formula is C24H20ClFN4O3S. The van der Waals surface area contributed by atoms with Crippen LogP contribution in [0, 0.1) is 12.7 Å². The highest BCUT2D eigenvalue weighted by atomic mass is 35.5. The van der Waals surface area contributed by atoms with E-state index in [4.69, 9.17) is 11.6 Å². The SMILES string of the molecule is CCCc1cc(=O)n2c(C(=O)Nc3ccc(C)c(Cl)c3)c(C(=O)Nc3ccc(F)cc3)sc2n1. The predicted molar refractivity (Wildman–Crippen MR) is 132 cm³/mol. The van der Waals surface area contributed by atoms with Crippen LogP contribution in [0.4, 0.5) is 15.8 Å². The molecule has 34 heavy (non-hydrogen) atoms. The molecule has 0 aliphatic rings. The Morgan fingerprint density at radius 3 is 2.41 bits per heavy atom. The largest absolute Gasteiger partial charge is 0.321 e. The first kappa shape index (κ1) is 23.6. The number of aromatic nitrogens is 2. The molecule has 0 unspecified atom stereocenters. The third-order valence-corrected chi connectivity index (χ3v) is 6.48. The van der Waals surface area contributed by atoms with Crippen molar-refractivity contribution >= 4 is 51.1 Å². The lowest BCUT2D eigenvalue weighted by molar-refractivity contribution is 0.0989. The van der Waals surface area contributed by atoms with Crippen molar-refractivity contribution in [1.82, 2.24) is 9.38 Å². The smallest absolute Gasteiger partial charge is 0.274 e. The molecule has 4 rings (SSSR count). The van der Waals surface area contributed by atoms with Gasteiger partial charge in [-0.2, -0.15) is 0 Å². The number of fused-ring (bicyclic) bond motifs is 1. The van der Waals surface area contributed by atoms with Crippen LogP contribution in [0.1, 0.15) is 44.8 Å². The Morgan fingerprint density at radius 2 is 1.74 bits per heavy atom. The summed E-state index contributed by atoms with van der Waals surface area (Å²) in [5, 5.41) is 5.81. The summed E-state index contributed by atoms with van der Waals surface area (Å²) in [5.41, 5.74) is 1.57. The minimum absolute atomic E-state index is 0.00159. The number of hydrogen-bond donors (Lipinski definition) is 2. The van der Waals surface area contributed by atoms with E-state index in [0.29, 0.717) is 28.5 Å². The van der Waals surface area contributed by atoms with Crippen molar-refractivity contribution in [3.05, 3.63) is 91.6 Å². The summed E-state index contributed by atoms with van der Waals surface area (Å²) in [6.45, 7) is 3.79. The van der Waals surface area contributed by atoms with E-state index < -0.39 is 23.2 Å². The second-order valence-corrected chi connectivity index (χ2v) is 9.00. The van der Waals surface area contributed by atoms with Crippen LogP contribution in [0.5, 0.6) is 0 Å². The quantitative estimate of drug-likeness (QED) is 0.376. The second-order valence-electron chi connectivity index (χ2n) is 7.61.